The number of hydrogen-bond donors (Lipinski definition) is 1. The van der Waals surface area contributed by atoms with E-state index < -0.39 is 17.9 Å². The van der Waals surface area contributed by atoms with E-state index in [-0.39, 0.29) is 6.10 Å². The van der Waals surface area contributed by atoms with Crippen molar-refractivity contribution in [2.75, 3.05) is 0 Å². The van der Waals surface area contributed by atoms with Gasteiger partial charge in [-0.2, -0.15) is 0 Å². The van der Waals surface area contributed by atoms with Crippen molar-refractivity contribution in [3.8, 4) is 0 Å². The fourth-order valence-corrected chi connectivity index (χ4v) is 1.02. The SMILES string of the molecule is [B]CC1O[C@@H]([B])[C@H](O)[C@@H]1[B]. The quantitative estimate of drug-likeness (QED) is 0.453. The number of ether oxygens (including phenoxy) is 1. The molecule has 0 aromatic carbocycles. The summed E-state index contributed by atoms with van der Waals surface area (Å²) in [5, 5.41) is 9.14. The van der Waals surface area contributed by atoms with E-state index in [1.54, 1.807) is 0 Å². The van der Waals surface area contributed by atoms with Gasteiger partial charge >= 0.3 is 0 Å². The highest BCUT2D eigenvalue weighted by Crippen LogP contribution is 2.29. The molecule has 48 valence electrons. The molecule has 1 heterocycles. The van der Waals surface area contributed by atoms with Crippen LogP contribution in [0.1, 0.15) is 0 Å². The summed E-state index contributed by atoms with van der Waals surface area (Å²) in [7, 11) is 16.1. The Labute approximate surface area is 64.6 Å². The zero-order chi connectivity index (χ0) is 7.72. The summed E-state index contributed by atoms with van der Waals surface area (Å²) in [5.74, 6) is -0.444. The normalized spacial score (nSPS) is 47.7. The Bertz CT molecular complexity index is 121. The maximum Gasteiger partial charge on any atom is 0.112 e. The van der Waals surface area contributed by atoms with Crippen LogP contribution in [0.2, 0.25) is 12.1 Å². The van der Waals surface area contributed by atoms with Crippen molar-refractivity contribution in [3.05, 3.63) is 0 Å². The number of aliphatic hydroxyl groups is 1. The van der Waals surface area contributed by atoms with Crippen LogP contribution in [-0.4, -0.2) is 46.9 Å². The lowest BCUT2D eigenvalue weighted by Gasteiger charge is -2.12. The first-order chi connectivity index (χ1) is 4.66. The van der Waals surface area contributed by atoms with E-state index in [0.717, 1.165) is 0 Å². The molecule has 0 amide bonds. The van der Waals surface area contributed by atoms with Crippen molar-refractivity contribution in [1.29, 1.82) is 0 Å². The van der Waals surface area contributed by atoms with Gasteiger partial charge in [-0.25, -0.2) is 0 Å². The van der Waals surface area contributed by atoms with Crippen LogP contribution in [0.5, 0.6) is 0 Å². The average molecular weight is 132 g/mol. The van der Waals surface area contributed by atoms with Crippen LogP contribution in [0.4, 0.5) is 0 Å². The van der Waals surface area contributed by atoms with Gasteiger partial charge in [0.1, 0.15) is 7.85 Å². The molecule has 2 nitrogen and oxygen atoms in total. The maximum absolute atomic E-state index is 9.14. The second-order valence-corrected chi connectivity index (χ2v) is 2.44. The Balaban J connectivity index is 2.53. The number of hydrogen-bond acceptors (Lipinski definition) is 2. The Kier molecular flexibility index (Phi) is 2.47. The van der Waals surface area contributed by atoms with Gasteiger partial charge in [-0.1, -0.05) is 6.32 Å². The highest BCUT2D eigenvalue weighted by Gasteiger charge is 2.35. The van der Waals surface area contributed by atoms with E-state index in [0.29, 0.717) is 6.32 Å². The van der Waals surface area contributed by atoms with Crippen LogP contribution < -0.4 is 0 Å². The van der Waals surface area contributed by atoms with Gasteiger partial charge in [-0.3, -0.25) is 0 Å². The molecule has 0 saturated carbocycles. The van der Waals surface area contributed by atoms with Gasteiger partial charge in [0.25, 0.3) is 0 Å². The van der Waals surface area contributed by atoms with E-state index in [1.807, 2.05) is 0 Å². The summed E-state index contributed by atoms with van der Waals surface area (Å²) >= 11 is 0. The van der Waals surface area contributed by atoms with Gasteiger partial charge in [0.15, 0.2) is 0 Å². The summed E-state index contributed by atoms with van der Waals surface area (Å²) in [6.07, 6.45) is -0.787. The first-order valence-electron chi connectivity index (χ1n) is 3.21. The fourth-order valence-electron chi connectivity index (χ4n) is 1.02. The molecule has 1 rings (SSSR count). The first kappa shape index (κ1) is 8.21. The molecule has 6 radical (unpaired) electrons. The standard InChI is InChI=1S/C5H7B3O2/c6-1-2-3(7)4(9)5(8)10-2/h2-5,9H,1H2/t2?,3-,4-,5-/m1/s1. The first-order valence-corrected chi connectivity index (χ1v) is 3.21. The molecule has 5 heteroatoms. The van der Waals surface area contributed by atoms with Gasteiger partial charge < -0.3 is 9.84 Å². The van der Waals surface area contributed by atoms with Gasteiger partial charge in [-0.05, 0) is 5.82 Å². The molecule has 1 saturated heterocycles. The third-order valence-corrected chi connectivity index (χ3v) is 1.72. The van der Waals surface area contributed by atoms with E-state index in [4.69, 9.17) is 33.4 Å². The van der Waals surface area contributed by atoms with Crippen molar-refractivity contribution in [3.63, 3.8) is 0 Å². The van der Waals surface area contributed by atoms with Crippen LogP contribution in [-0.2, 0) is 4.74 Å². The molecule has 1 fully saturated rings. The van der Waals surface area contributed by atoms with E-state index in [2.05, 4.69) is 0 Å². The third-order valence-electron chi connectivity index (χ3n) is 1.72. The van der Waals surface area contributed by atoms with Gasteiger partial charge in [0.05, 0.1) is 21.8 Å². The van der Waals surface area contributed by atoms with E-state index >= 15 is 0 Å². The molecule has 1 unspecified atom stereocenters. The Hall–Kier alpha value is 0.115. The van der Waals surface area contributed by atoms with E-state index in [9.17, 15) is 0 Å². The van der Waals surface area contributed by atoms with Crippen LogP contribution in [0.25, 0.3) is 0 Å². The number of aliphatic hydroxyl groups excluding tert-OH is 1. The lowest BCUT2D eigenvalue weighted by molar-refractivity contribution is 0.0680. The van der Waals surface area contributed by atoms with Gasteiger partial charge in [-0.15, -0.1) is 0 Å². The predicted octanol–water partition coefficient (Wildman–Crippen LogP) is -1.22. The van der Waals surface area contributed by atoms with Crippen molar-refractivity contribution in [2.24, 2.45) is 0 Å². The second-order valence-electron chi connectivity index (χ2n) is 2.44. The minimum Gasteiger partial charge on any atom is -0.392 e. The number of rotatable bonds is 1. The molecular formula is C5H7B3O2. The lowest BCUT2D eigenvalue weighted by atomic mass is 9.73. The second kappa shape index (κ2) is 3.01. The van der Waals surface area contributed by atoms with Crippen LogP contribution in [0.15, 0.2) is 0 Å². The van der Waals surface area contributed by atoms with Crippen LogP contribution in [0, 0.1) is 0 Å². The minimum atomic E-state index is -0.784. The molecule has 0 bridgehead atoms. The Morgan fingerprint density at radius 1 is 1.40 bits per heavy atom. The third kappa shape index (κ3) is 1.25. The Morgan fingerprint density at radius 2 is 2.00 bits per heavy atom. The molecule has 1 aliphatic rings. The molecular weight excluding hydrogens is 124 g/mol. The molecule has 1 N–H and O–H groups in total. The van der Waals surface area contributed by atoms with E-state index in [1.165, 1.54) is 0 Å². The van der Waals surface area contributed by atoms with Crippen molar-refractivity contribution in [2.45, 2.75) is 30.3 Å². The van der Waals surface area contributed by atoms with Crippen molar-refractivity contribution >= 4 is 23.5 Å². The monoisotopic (exact) mass is 132 g/mol. The zero-order valence-electron chi connectivity index (χ0n) is 5.60. The Morgan fingerprint density at radius 3 is 2.20 bits per heavy atom. The lowest BCUT2D eigenvalue weighted by Crippen LogP contribution is -2.23. The largest absolute Gasteiger partial charge is 0.392 e. The van der Waals surface area contributed by atoms with Crippen molar-refractivity contribution in [1.82, 2.24) is 0 Å². The molecule has 0 aromatic rings. The summed E-state index contributed by atoms with van der Waals surface area (Å²) in [6, 6.07) is -0.677. The smallest absolute Gasteiger partial charge is 0.112 e. The predicted molar refractivity (Wildman–Crippen MR) is 40.5 cm³/mol. The summed E-state index contributed by atoms with van der Waals surface area (Å²) < 4.78 is 5.01. The summed E-state index contributed by atoms with van der Waals surface area (Å²) in [6.45, 7) is 0. The van der Waals surface area contributed by atoms with Gasteiger partial charge in [0.2, 0.25) is 0 Å². The minimum absolute atomic E-state index is 0.298. The molecule has 1 aliphatic heterocycles. The highest BCUT2D eigenvalue weighted by atomic mass is 16.5. The van der Waals surface area contributed by atoms with Gasteiger partial charge in [0, 0.05) is 12.1 Å². The molecule has 4 atom stereocenters. The summed E-state index contributed by atoms with van der Waals surface area (Å²) in [5.41, 5.74) is 0. The molecule has 10 heavy (non-hydrogen) atoms. The molecule has 0 aromatic heterocycles. The molecule has 0 spiro atoms. The topological polar surface area (TPSA) is 29.5 Å². The molecule has 0 aliphatic carbocycles. The zero-order valence-corrected chi connectivity index (χ0v) is 5.60. The van der Waals surface area contributed by atoms with Crippen LogP contribution >= 0.6 is 0 Å². The highest BCUT2D eigenvalue weighted by molar-refractivity contribution is 6.17. The summed E-state index contributed by atoms with van der Waals surface area (Å²) in [4.78, 5) is 0. The fraction of sp³-hybridized carbons (Fsp3) is 1.00. The maximum atomic E-state index is 9.14. The average Bonchev–Trinajstić information content (AvgIpc) is 2.17. The van der Waals surface area contributed by atoms with Crippen LogP contribution in [0.3, 0.4) is 0 Å². The van der Waals surface area contributed by atoms with Crippen molar-refractivity contribution < 1.29 is 9.84 Å².